The fourth-order valence-corrected chi connectivity index (χ4v) is 8.13. The molecule has 1 aromatic heterocycles. The van der Waals surface area contributed by atoms with Crippen molar-refractivity contribution in [3.63, 3.8) is 0 Å². The first-order valence-corrected chi connectivity index (χ1v) is 15.0. The van der Waals surface area contributed by atoms with Crippen molar-refractivity contribution in [2.75, 3.05) is 37.7 Å². The molecule has 14 heteroatoms. The second-order valence-electron chi connectivity index (χ2n) is 14.0. The molecular formula is C31H33F6N5O3. The Labute approximate surface area is 255 Å². The van der Waals surface area contributed by atoms with E-state index in [2.05, 4.69) is 16.5 Å². The number of rotatable bonds is 3. The van der Waals surface area contributed by atoms with Crippen molar-refractivity contribution in [1.82, 2.24) is 19.8 Å². The highest BCUT2D eigenvalue weighted by Crippen LogP contribution is 2.54. The van der Waals surface area contributed by atoms with E-state index in [0.717, 1.165) is 6.42 Å². The van der Waals surface area contributed by atoms with E-state index in [1.165, 1.54) is 0 Å². The summed E-state index contributed by atoms with van der Waals surface area (Å²) < 4.78 is 97.4. The first kappa shape index (κ1) is 30.1. The number of piperazine rings is 1. The van der Waals surface area contributed by atoms with Crippen molar-refractivity contribution in [3.8, 4) is 6.01 Å². The SMILES string of the molecule is C=C1C[C@]23C[C@H](CN2c2nc(OC[C@@]45CCCN4CC(=C(F)F)C5)nc4c(F)cc(C(F)(F)F)c1c24)N(C(=O)OC(C)(C)C)C3. The summed E-state index contributed by atoms with van der Waals surface area (Å²) >= 11 is 0. The number of ether oxygens (including phenoxy) is 2. The molecule has 0 unspecified atom stereocenters. The molecule has 0 N–H and O–H groups in total. The Balaban J connectivity index is 1.32. The number of fused-ring (bicyclic) bond motifs is 3. The minimum atomic E-state index is -4.89. The van der Waals surface area contributed by atoms with E-state index in [0.29, 0.717) is 25.5 Å². The molecule has 1 aromatic carbocycles. The van der Waals surface area contributed by atoms with Gasteiger partial charge in [-0.3, -0.25) is 4.90 Å². The molecule has 0 aliphatic carbocycles. The predicted octanol–water partition coefficient (Wildman–Crippen LogP) is 6.54. The molecule has 5 aliphatic rings. The Bertz CT molecular complexity index is 1670. The number of anilines is 1. The van der Waals surface area contributed by atoms with Crippen molar-refractivity contribution in [1.29, 1.82) is 0 Å². The zero-order valence-corrected chi connectivity index (χ0v) is 25.2. The summed E-state index contributed by atoms with van der Waals surface area (Å²) in [7, 11) is 0. The van der Waals surface area contributed by atoms with E-state index in [1.807, 2.05) is 9.80 Å². The highest BCUT2D eigenvalue weighted by molar-refractivity contribution is 6.03. The second kappa shape index (κ2) is 9.73. The van der Waals surface area contributed by atoms with Gasteiger partial charge in [-0.2, -0.15) is 31.9 Å². The normalized spacial score (nSPS) is 27.7. The van der Waals surface area contributed by atoms with Gasteiger partial charge in [0.1, 0.15) is 29.4 Å². The average Bonchev–Trinajstić information content (AvgIpc) is 3.66. The summed E-state index contributed by atoms with van der Waals surface area (Å²) in [6, 6.07) is -0.155. The average molecular weight is 638 g/mol. The number of hydrogen-bond donors (Lipinski definition) is 0. The van der Waals surface area contributed by atoms with E-state index in [4.69, 9.17) is 9.47 Å². The Kier molecular flexibility index (Phi) is 6.51. The lowest BCUT2D eigenvalue weighted by Gasteiger charge is -2.42. The molecule has 2 aromatic rings. The van der Waals surface area contributed by atoms with Crippen LogP contribution < -0.4 is 9.64 Å². The molecule has 4 fully saturated rings. The summed E-state index contributed by atoms with van der Waals surface area (Å²) in [5.74, 6) is -1.12. The number of likely N-dealkylation sites (tertiary alicyclic amines) is 1. The van der Waals surface area contributed by atoms with Crippen LogP contribution in [-0.4, -0.2) is 81.4 Å². The van der Waals surface area contributed by atoms with Crippen molar-refractivity contribution >= 4 is 28.4 Å². The Morgan fingerprint density at radius 1 is 1.18 bits per heavy atom. The van der Waals surface area contributed by atoms with Gasteiger partial charge in [-0.1, -0.05) is 6.58 Å². The molecule has 5 aliphatic heterocycles. The lowest BCUT2D eigenvalue weighted by atomic mass is 9.86. The molecule has 1 spiro atoms. The minimum Gasteiger partial charge on any atom is -0.461 e. The van der Waals surface area contributed by atoms with Gasteiger partial charge in [0.2, 0.25) is 0 Å². The number of hydrogen-bond acceptors (Lipinski definition) is 7. The van der Waals surface area contributed by atoms with Gasteiger partial charge >= 0.3 is 18.3 Å². The maximum absolute atomic E-state index is 15.6. The van der Waals surface area contributed by atoms with Crippen molar-refractivity contribution in [2.45, 2.75) is 81.8 Å². The molecule has 4 saturated heterocycles. The molecule has 242 valence electrons. The number of benzene rings is 1. The summed E-state index contributed by atoms with van der Waals surface area (Å²) in [5, 5.41) is -0.112. The van der Waals surface area contributed by atoms with E-state index in [9.17, 15) is 26.7 Å². The maximum atomic E-state index is 15.6. The zero-order chi connectivity index (χ0) is 32.3. The first-order valence-electron chi connectivity index (χ1n) is 15.0. The largest absolute Gasteiger partial charge is 0.461 e. The number of alkyl halides is 3. The minimum absolute atomic E-state index is 0.0442. The third kappa shape index (κ3) is 4.73. The van der Waals surface area contributed by atoms with Gasteiger partial charge in [0.15, 0.2) is 0 Å². The fourth-order valence-electron chi connectivity index (χ4n) is 8.13. The number of carbonyl (C=O) groups is 1. The number of aromatic nitrogens is 2. The fraction of sp³-hybridized carbons (Fsp3) is 0.581. The highest BCUT2D eigenvalue weighted by Gasteiger charge is 2.59. The van der Waals surface area contributed by atoms with Crippen LogP contribution in [0.25, 0.3) is 16.5 Å². The molecule has 0 saturated carbocycles. The van der Waals surface area contributed by atoms with Crippen LogP contribution in [0.15, 0.2) is 24.3 Å². The zero-order valence-electron chi connectivity index (χ0n) is 25.2. The van der Waals surface area contributed by atoms with Crippen molar-refractivity contribution < 1.29 is 40.6 Å². The molecule has 1 amide bonds. The number of amides is 1. The van der Waals surface area contributed by atoms with Crippen LogP contribution >= 0.6 is 0 Å². The number of carbonyl (C=O) groups excluding carboxylic acids is 1. The van der Waals surface area contributed by atoms with E-state index < -0.39 is 46.4 Å². The summed E-state index contributed by atoms with van der Waals surface area (Å²) in [6.45, 7) is 10.4. The smallest absolute Gasteiger partial charge is 0.417 e. The second-order valence-corrected chi connectivity index (χ2v) is 14.0. The van der Waals surface area contributed by atoms with E-state index >= 15 is 4.39 Å². The molecule has 6 heterocycles. The number of halogens is 6. The number of nitrogens with zero attached hydrogens (tertiary/aromatic N) is 5. The van der Waals surface area contributed by atoms with Crippen LogP contribution in [0.2, 0.25) is 0 Å². The Hall–Kier alpha value is -3.55. The molecule has 2 bridgehead atoms. The van der Waals surface area contributed by atoms with Gasteiger partial charge in [-0.25, -0.2) is 9.18 Å². The topological polar surface area (TPSA) is 71.0 Å². The van der Waals surface area contributed by atoms with Crippen LogP contribution in [-0.2, 0) is 10.9 Å². The molecule has 45 heavy (non-hydrogen) atoms. The van der Waals surface area contributed by atoms with Gasteiger partial charge in [0.25, 0.3) is 6.08 Å². The summed E-state index contributed by atoms with van der Waals surface area (Å²) in [5.41, 5.74) is -3.94. The first-order chi connectivity index (χ1) is 21.0. The third-order valence-electron chi connectivity index (χ3n) is 9.86. The standard InChI is InChI=1S/C31H33F6N5O3/c1-16-9-30-11-18(41(14-30)27(43)45-28(2,3)4)13-42(30)25-22-21(16)19(31(35,36)37)8-20(32)23(22)38-26(39-25)44-15-29-6-5-7-40(29)12-17(10-29)24(33)34/h8,18H,1,5-7,9-15H2,2-4H3/t18-,29+,30-/m1/s1. The van der Waals surface area contributed by atoms with Crippen molar-refractivity contribution in [2.24, 2.45) is 0 Å². The van der Waals surface area contributed by atoms with Gasteiger partial charge in [-0.05, 0) is 71.1 Å². The Morgan fingerprint density at radius 3 is 2.62 bits per heavy atom. The monoisotopic (exact) mass is 637 g/mol. The van der Waals surface area contributed by atoms with E-state index in [1.54, 1.807) is 25.7 Å². The van der Waals surface area contributed by atoms with Crippen LogP contribution in [0.3, 0.4) is 0 Å². The van der Waals surface area contributed by atoms with Crippen molar-refractivity contribution in [3.05, 3.63) is 41.2 Å². The van der Waals surface area contributed by atoms with Gasteiger partial charge in [-0.15, -0.1) is 0 Å². The maximum Gasteiger partial charge on any atom is 0.417 e. The van der Waals surface area contributed by atoms with Gasteiger partial charge in [0.05, 0.1) is 28.1 Å². The van der Waals surface area contributed by atoms with Gasteiger partial charge < -0.3 is 19.3 Å². The van der Waals surface area contributed by atoms with Crippen LogP contribution in [0.4, 0.5) is 37.0 Å². The molecule has 8 nitrogen and oxygen atoms in total. The lowest BCUT2D eigenvalue weighted by Crippen LogP contribution is -2.56. The predicted molar refractivity (Wildman–Crippen MR) is 152 cm³/mol. The van der Waals surface area contributed by atoms with Crippen LogP contribution in [0, 0.1) is 5.82 Å². The van der Waals surface area contributed by atoms with E-state index in [-0.39, 0.29) is 84.6 Å². The molecule has 0 radical (unpaired) electrons. The summed E-state index contributed by atoms with van der Waals surface area (Å²) in [4.78, 5) is 27.3. The third-order valence-corrected chi connectivity index (χ3v) is 9.86. The highest BCUT2D eigenvalue weighted by atomic mass is 19.4. The molecule has 3 atom stereocenters. The van der Waals surface area contributed by atoms with Crippen LogP contribution in [0.5, 0.6) is 6.01 Å². The quantitative estimate of drug-likeness (QED) is 0.354. The molecular weight excluding hydrogens is 604 g/mol. The lowest BCUT2D eigenvalue weighted by molar-refractivity contribution is -0.137. The van der Waals surface area contributed by atoms with Crippen LogP contribution in [0.1, 0.15) is 64.0 Å². The summed E-state index contributed by atoms with van der Waals surface area (Å²) in [6.07, 6.45) is -5.12. The Morgan fingerprint density at radius 2 is 1.93 bits per heavy atom. The van der Waals surface area contributed by atoms with Gasteiger partial charge in [0, 0.05) is 30.8 Å². The molecule has 7 rings (SSSR count).